The SMILES string of the molecule is COc1ccc(S(=O)(=O)N(CC2CCCC2)C[C@@H](O)CN(CCc2ccccc2)C(=O)OC2COCOC2)cc1. The summed E-state index contributed by atoms with van der Waals surface area (Å²) in [5.74, 6) is 0.785. The fraction of sp³-hybridized carbons (Fsp3) is 0.552. The van der Waals surface area contributed by atoms with Gasteiger partial charge in [-0.25, -0.2) is 13.2 Å². The van der Waals surface area contributed by atoms with Gasteiger partial charge in [-0.1, -0.05) is 43.2 Å². The van der Waals surface area contributed by atoms with Gasteiger partial charge in [0.2, 0.25) is 10.0 Å². The summed E-state index contributed by atoms with van der Waals surface area (Å²) in [4.78, 5) is 14.7. The number of carbonyl (C=O) groups is 1. The van der Waals surface area contributed by atoms with Gasteiger partial charge < -0.3 is 29.0 Å². The molecule has 40 heavy (non-hydrogen) atoms. The van der Waals surface area contributed by atoms with Crippen LogP contribution in [0.15, 0.2) is 59.5 Å². The summed E-state index contributed by atoms with van der Waals surface area (Å²) in [7, 11) is -2.37. The number of methoxy groups -OCH3 is 1. The second kappa shape index (κ2) is 14.8. The molecule has 4 rings (SSSR count). The second-order valence-electron chi connectivity index (χ2n) is 10.3. The molecule has 0 radical (unpaired) electrons. The standard InChI is InChI=1S/C29H40N2O8S/c1-36-26-11-13-28(14-12-26)40(34,35)31(17-24-9-5-6-10-24)19-25(32)18-30(16-15-23-7-3-2-4-8-23)29(33)39-27-20-37-22-38-21-27/h2-4,7-8,11-14,24-25,27,32H,5-6,9-10,15-22H2,1H3/t25-/m0/s1. The predicted octanol–water partition coefficient (Wildman–Crippen LogP) is 3.29. The van der Waals surface area contributed by atoms with Crippen LogP contribution in [0.2, 0.25) is 0 Å². The number of aliphatic hydroxyl groups is 1. The quantitative estimate of drug-likeness (QED) is 0.386. The highest BCUT2D eigenvalue weighted by atomic mass is 32.2. The molecule has 220 valence electrons. The van der Waals surface area contributed by atoms with Gasteiger partial charge in [0, 0.05) is 19.6 Å². The number of carbonyl (C=O) groups excluding carboxylic acids is 1. The Balaban J connectivity index is 1.48. The Hall–Kier alpha value is -2.70. The molecule has 1 aliphatic heterocycles. The van der Waals surface area contributed by atoms with E-state index in [0.717, 1.165) is 31.2 Å². The summed E-state index contributed by atoms with van der Waals surface area (Å²) in [6.45, 7) is 1.00. The number of aliphatic hydroxyl groups excluding tert-OH is 1. The van der Waals surface area contributed by atoms with Crippen molar-refractivity contribution in [2.24, 2.45) is 5.92 Å². The molecule has 2 aliphatic rings. The third kappa shape index (κ3) is 8.65. The number of amides is 1. The van der Waals surface area contributed by atoms with Crippen LogP contribution in [0.5, 0.6) is 5.75 Å². The maximum absolute atomic E-state index is 13.7. The maximum Gasteiger partial charge on any atom is 0.410 e. The molecule has 11 heteroatoms. The van der Waals surface area contributed by atoms with Gasteiger partial charge in [-0.2, -0.15) is 4.31 Å². The summed E-state index contributed by atoms with van der Waals surface area (Å²) in [6, 6.07) is 15.9. The van der Waals surface area contributed by atoms with Crippen LogP contribution in [-0.4, -0.2) is 94.3 Å². The monoisotopic (exact) mass is 576 g/mol. The highest BCUT2D eigenvalue weighted by molar-refractivity contribution is 7.89. The molecular formula is C29H40N2O8S. The highest BCUT2D eigenvalue weighted by Gasteiger charge is 2.32. The lowest BCUT2D eigenvalue weighted by atomic mass is 10.1. The molecule has 10 nitrogen and oxygen atoms in total. The number of rotatable bonds is 13. The molecular weight excluding hydrogens is 536 g/mol. The van der Waals surface area contributed by atoms with Crippen LogP contribution in [0.25, 0.3) is 0 Å². The smallest absolute Gasteiger partial charge is 0.410 e. The van der Waals surface area contributed by atoms with Crippen molar-refractivity contribution in [1.29, 1.82) is 0 Å². The van der Waals surface area contributed by atoms with E-state index in [1.807, 2.05) is 30.3 Å². The van der Waals surface area contributed by atoms with E-state index in [9.17, 15) is 18.3 Å². The van der Waals surface area contributed by atoms with Crippen molar-refractivity contribution in [3.63, 3.8) is 0 Å². The van der Waals surface area contributed by atoms with Crippen molar-refractivity contribution in [2.75, 3.05) is 53.3 Å². The molecule has 1 saturated carbocycles. The van der Waals surface area contributed by atoms with Crippen LogP contribution in [0.3, 0.4) is 0 Å². The Morgan fingerprint density at radius 3 is 2.35 bits per heavy atom. The molecule has 0 bridgehead atoms. The summed E-state index contributed by atoms with van der Waals surface area (Å²) >= 11 is 0. The number of hydrogen-bond acceptors (Lipinski definition) is 8. The summed E-state index contributed by atoms with van der Waals surface area (Å²) in [5.41, 5.74) is 1.03. The van der Waals surface area contributed by atoms with E-state index >= 15 is 0 Å². The van der Waals surface area contributed by atoms with Crippen molar-refractivity contribution in [3.05, 3.63) is 60.2 Å². The third-order valence-corrected chi connectivity index (χ3v) is 9.14. The molecule has 1 heterocycles. The van der Waals surface area contributed by atoms with Gasteiger partial charge >= 0.3 is 6.09 Å². The Morgan fingerprint density at radius 1 is 1.02 bits per heavy atom. The van der Waals surface area contributed by atoms with E-state index in [-0.39, 0.29) is 43.9 Å². The molecule has 0 aromatic heterocycles. The van der Waals surface area contributed by atoms with Crippen LogP contribution in [0, 0.1) is 5.92 Å². The predicted molar refractivity (Wildman–Crippen MR) is 148 cm³/mol. The van der Waals surface area contributed by atoms with Gasteiger partial charge in [-0.15, -0.1) is 0 Å². The number of hydrogen-bond donors (Lipinski definition) is 1. The third-order valence-electron chi connectivity index (χ3n) is 7.29. The first-order chi connectivity index (χ1) is 19.3. The summed E-state index contributed by atoms with van der Waals surface area (Å²) < 4.78 is 50.0. The molecule has 1 atom stereocenters. The van der Waals surface area contributed by atoms with Crippen LogP contribution in [0.1, 0.15) is 31.2 Å². The Morgan fingerprint density at radius 2 is 1.70 bits per heavy atom. The topological polar surface area (TPSA) is 115 Å². The van der Waals surface area contributed by atoms with E-state index in [4.69, 9.17) is 18.9 Å². The van der Waals surface area contributed by atoms with Gasteiger partial charge in [0.1, 0.15) is 12.5 Å². The van der Waals surface area contributed by atoms with Gasteiger partial charge in [-0.3, -0.25) is 0 Å². The second-order valence-corrected chi connectivity index (χ2v) is 12.3. The van der Waals surface area contributed by atoms with E-state index in [1.165, 1.54) is 28.4 Å². The minimum absolute atomic E-state index is 0.0839. The molecule has 2 aromatic carbocycles. The minimum Gasteiger partial charge on any atom is -0.497 e. The van der Waals surface area contributed by atoms with E-state index in [1.54, 1.807) is 12.1 Å². The largest absolute Gasteiger partial charge is 0.497 e. The minimum atomic E-state index is -3.89. The number of sulfonamides is 1. The highest BCUT2D eigenvalue weighted by Crippen LogP contribution is 2.28. The Kier molecular flexibility index (Phi) is 11.2. The van der Waals surface area contributed by atoms with Gasteiger partial charge in [0.15, 0.2) is 6.10 Å². The maximum atomic E-state index is 13.7. The van der Waals surface area contributed by atoms with Crippen LogP contribution in [-0.2, 0) is 30.7 Å². The van der Waals surface area contributed by atoms with Gasteiger partial charge in [0.25, 0.3) is 0 Å². The lowest BCUT2D eigenvalue weighted by molar-refractivity contribution is -0.154. The van der Waals surface area contributed by atoms with Gasteiger partial charge in [0.05, 0.1) is 37.9 Å². The molecule has 0 spiro atoms. The number of benzene rings is 2. The fourth-order valence-electron chi connectivity index (χ4n) is 5.11. The average Bonchev–Trinajstić information content (AvgIpc) is 3.49. The van der Waals surface area contributed by atoms with Crippen LogP contribution < -0.4 is 4.74 Å². The summed E-state index contributed by atoms with van der Waals surface area (Å²) in [5, 5.41) is 11.2. The van der Waals surface area contributed by atoms with Gasteiger partial charge in [-0.05, 0) is 55.0 Å². The van der Waals surface area contributed by atoms with E-state index in [0.29, 0.717) is 25.3 Å². The molecule has 2 aromatic rings. The molecule has 0 unspecified atom stereocenters. The van der Waals surface area contributed by atoms with Crippen molar-refractivity contribution in [3.8, 4) is 5.75 Å². The average molecular weight is 577 g/mol. The summed E-state index contributed by atoms with van der Waals surface area (Å²) in [6.07, 6.45) is 2.31. The molecule has 1 saturated heterocycles. The lowest BCUT2D eigenvalue weighted by Crippen LogP contribution is -2.47. The number of nitrogens with zero attached hydrogens (tertiary/aromatic N) is 2. The van der Waals surface area contributed by atoms with Crippen molar-refractivity contribution < 1.29 is 37.3 Å². The van der Waals surface area contributed by atoms with Crippen molar-refractivity contribution >= 4 is 16.1 Å². The first kappa shape index (κ1) is 30.3. The van der Waals surface area contributed by atoms with Crippen molar-refractivity contribution in [1.82, 2.24) is 9.21 Å². The Bertz CT molecular complexity index is 1150. The zero-order chi connectivity index (χ0) is 28.4. The molecule has 2 fully saturated rings. The van der Waals surface area contributed by atoms with Crippen LogP contribution >= 0.6 is 0 Å². The first-order valence-corrected chi connectivity index (χ1v) is 15.3. The molecule has 1 N–H and O–H groups in total. The molecule has 1 aliphatic carbocycles. The van der Waals surface area contributed by atoms with E-state index < -0.39 is 28.3 Å². The van der Waals surface area contributed by atoms with Crippen molar-refractivity contribution in [2.45, 2.75) is 49.2 Å². The van der Waals surface area contributed by atoms with Crippen LogP contribution in [0.4, 0.5) is 4.79 Å². The lowest BCUT2D eigenvalue weighted by Gasteiger charge is -2.31. The molecule has 1 amide bonds. The number of ether oxygens (including phenoxy) is 4. The van der Waals surface area contributed by atoms with E-state index in [2.05, 4.69) is 0 Å². The zero-order valence-corrected chi connectivity index (χ0v) is 23.8. The zero-order valence-electron chi connectivity index (χ0n) is 23.0. The Labute approximate surface area is 236 Å². The normalized spacial score (nSPS) is 17.6. The first-order valence-electron chi connectivity index (χ1n) is 13.8. The fourth-order valence-corrected chi connectivity index (χ4v) is 6.67.